The van der Waals surface area contributed by atoms with Crippen LogP contribution in [0.4, 0.5) is 0 Å². The van der Waals surface area contributed by atoms with Gasteiger partial charge in [-0.2, -0.15) is 0 Å². The molecule has 2 atom stereocenters. The monoisotopic (exact) mass is 1160 g/mol. The van der Waals surface area contributed by atoms with Crippen LogP contribution < -0.4 is 41.5 Å². The number of ether oxygens (including phenoxy) is 1. The molecule has 0 aliphatic carbocycles. The van der Waals surface area contributed by atoms with Crippen LogP contribution in [0.15, 0.2) is 267 Å². The highest BCUT2D eigenvalue weighted by Gasteiger charge is 2.62. The molecule has 0 heterocycles. The third-order valence-electron chi connectivity index (χ3n) is 14.6. The Balaban J connectivity index is 1.38. The highest BCUT2D eigenvalue weighted by Crippen LogP contribution is 2.33. The molecule has 8 rings (SSSR count). The molecule has 0 bridgehead atoms. The zero-order valence-corrected chi connectivity index (χ0v) is 54.0. The van der Waals surface area contributed by atoms with Crippen molar-refractivity contribution in [3.63, 3.8) is 0 Å². The Hall–Kier alpha value is -5.97. The summed E-state index contributed by atoms with van der Waals surface area (Å²) in [6, 6.07) is 87.6. The number of carbonyl (C=O) groups is 1. The molecule has 406 valence electrons. The van der Waals surface area contributed by atoms with E-state index in [1.807, 2.05) is 11.8 Å². The molecule has 0 amide bonds. The van der Waals surface area contributed by atoms with Gasteiger partial charge in [-0.05, 0) is 112 Å². The van der Waals surface area contributed by atoms with Crippen molar-refractivity contribution in [3.8, 4) is 0 Å². The molecule has 79 heavy (non-hydrogen) atoms. The minimum Gasteiger partial charge on any atom is -0.462 e. The molecule has 8 aromatic carbocycles. The first-order chi connectivity index (χ1) is 38.0. The molecule has 0 spiro atoms. The molecular formula is C65H76O7Si7. The maximum atomic E-state index is 12.2. The maximum absolute atomic E-state index is 12.2. The van der Waals surface area contributed by atoms with Crippen LogP contribution in [-0.2, 0) is 30.1 Å². The fourth-order valence-corrected chi connectivity index (χ4v) is 46.8. The predicted molar refractivity (Wildman–Crippen MR) is 345 cm³/mol. The van der Waals surface area contributed by atoms with Crippen molar-refractivity contribution in [2.45, 2.75) is 70.8 Å². The van der Waals surface area contributed by atoms with Crippen LogP contribution in [0.3, 0.4) is 0 Å². The number of esters is 1. The topological polar surface area (TPSA) is 72.5 Å². The van der Waals surface area contributed by atoms with Crippen molar-refractivity contribution in [3.05, 3.63) is 267 Å². The number of benzene rings is 8. The van der Waals surface area contributed by atoms with Gasteiger partial charge in [-0.1, -0.05) is 255 Å². The van der Waals surface area contributed by atoms with Crippen molar-refractivity contribution < 1.29 is 30.1 Å². The van der Waals surface area contributed by atoms with Crippen LogP contribution in [0.2, 0.25) is 57.4 Å². The van der Waals surface area contributed by atoms with Gasteiger partial charge in [0.2, 0.25) is 16.6 Å². The lowest BCUT2D eigenvalue weighted by Gasteiger charge is -2.49. The van der Waals surface area contributed by atoms with Gasteiger partial charge in [0.15, 0.2) is 16.6 Å². The van der Waals surface area contributed by atoms with Crippen LogP contribution in [0.25, 0.3) is 0 Å². The summed E-state index contributed by atoms with van der Waals surface area (Å²) in [5.41, 5.74) is 2.45. The van der Waals surface area contributed by atoms with Crippen LogP contribution >= 0.6 is 0 Å². The van der Waals surface area contributed by atoms with E-state index in [9.17, 15) is 4.79 Å². The molecule has 0 saturated carbocycles. The molecule has 2 unspecified atom stereocenters. The van der Waals surface area contributed by atoms with Gasteiger partial charge in [-0.25, -0.2) is 4.79 Å². The summed E-state index contributed by atoms with van der Waals surface area (Å²) in [4.78, 5) is 12.2. The first-order valence-corrected chi connectivity index (χ1v) is 44.2. The van der Waals surface area contributed by atoms with E-state index in [4.69, 9.17) is 25.3 Å². The second-order valence-corrected chi connectivity index (χ2v) is 47.9. The average Bonchev–Trinajstić information content (AvgIpc) is 3.57. The molecule has 0 aliphatic rings. The van der Waals surface area contributed by atoms with E-state index in [1.54, 1.807) is 6.92 Å². The Morgan fingerprint density at radius 3 is 1.00 bits per heavy atom. The molecule has 8 aromatic rings. The van der Waals surface area contributed by atoms with Crippen LogP contribution in [0, 0.1) is 0 Å². The molecule has 0 N–H and O–H groups in total. The van der Waals surface area contributed by atoms with Gasteiger partial charge >= 0.3 is 31.7 Å². The Morgan fingerprint density at radius 2 is 0.671 bits per heavy atom. The van der Waals surface area contributed by atoms with E-state index >= 15 is 0 Å². The summed E-state index contributed by atoms with van der Waals surface area (Å²) < 4.78 is 47.4. The quantitative estimate of drug-likeness (QED) is 0.0220. The Bertz CT molecular complexity index is 3080. The van der Waals surface area contributed by atoms with E-state index < -0.39 is 59.0 Å². The Morgan fingerprint density at radius 1 is 0.380 bits per heavy atom. The van der Waals surface area contributed by atoms with Gasteiger partial charge in [0.05, 0.1) is 6.61 Å². The standard InChI is InChI=1S/C65H76O7Si7/c1-10-75(8,57-36-19-11-20-37-57)69-77(59-40-23-13-24-41-59,60-42-25-14-26-43-60)71-79(63-48-31-17-32-49-63,64-50-33-18-34-51-64)72-78(61-44-27-15-28-45-61,62-46-29-16-30-47-62)70-76(9,58-38-21-12-22-39-58)55-54-74(6,7)68-73(4,5)53-35-52-67-65(66)56(2)3/h10-34,36-51H,1-2,35,52-55H2,3-9H3. The molecule has 7 nitrogen and oxygen atoms in total. The van der Waals surface area contributed by atoms with Gasteiger partial charge in [0.1, 0.15) is 0 Å². The minimum atomic E-state index is -4.25. The van der Waals surface area contributed by atoms with Crippen LogP contribution in [-0.4, -0.2) is 71.5 Å². The fraction of sp³-hybridized carbons (Fsp3) is 0.185. The summed E-state index contributed by atoms with van der Waals surface area (Å²) in [6.45, 7) is 24.2. The lowest BCUT2D eigenvalue weighted by Crippen LogP contribution is -2.82. The number of hydrogen-bond donors (Lipinski definition) is 0. The molecule has 14 heteroatoms. The van der Waals surface area contributed by atoms with Crippen molar-refractivity contribution in [2.75, 3.05) is 6.61 Å². The molecular weight excluding hydrogens is 1090 g/mol. The van der Waals surface area contributed by atoms with Crippen molar-refractivity contribution >= 4 is 106 Å². The van der Waals surface area contributed by atoms with Gasteiger partial charge < -0.3 is 25.3 Å². The van der Waals surface area contributed by atoms with Gasteiger partial charge in [0, 0.05) is 5.57 Å². The summed E-state index contributed by atoms with van der Waals surface area (Å²) in [6.07, 6.45) is 0.740. The van der Waals surface area contributed by atoms with Gasteiger partial charge in [-0.3, -0.25) is 0 Å². The average molecular weight is 1170 g/mol. The first-order valence-electron chi connectivity index (χ1n) is 27.4. The lowest BCUT2D eigenvalue weighted by molar-refractivity contribution is -0.138. The second-order valence-electron chi connectivity index (χ2n) is 21.9. The highest BCUT2D eigenvalue weighted by molar-refractivity contribution is 7.13. The normalized spacial score (nSPS) is 13.9. The zero-order chi connectivity index (χ0) is 56.0. The largest absolute Gasteiger partial charge is 0.462 e. The van der Waals surface area contributed by atoms with Crippen molar-refractivity contribution in [1.82, 2.24) is 0 Å². The fourth-order valence-electron chi connectivity index (χ4n) is 10.4. The van der Waals surface area contributed by atoms with Gasteiger partial charge in [-0.15, -0.1) is 6.58 Å². The lowest BCUT2D eigenvalue weighted by atomic mass is 10.4. The SMILES string of the molecule is C=C[Si](C)(O[Si](O[Si](O[Si](O[Si](C)(CC[Si](C)(C)O[Si](C)(C)CCCOC(=O)C(=C)C)c1ccccc1)(c1ccccc1)c1ccccc1)(c1ccccc1)c1ccccc1)(c1ccccc1)c1ccccc1)c1ccccc1. The summed E-state index contributed by atoms with van der Waals surface area (Å²) >= 11 is 0. The van der Waals surface area contributed by atoms with E-state index in [1.165, 1.54) is 5.19 Å². The van der Waals surface area contributed by atoms with E-state index in [0.717, 1.165) is 60.9 Å². The van der Waals surface area contributed by atoms with Crippen molar-refractivity contribution in [1.29, 1.82) is 0 Å². The maximum Gasteiger partial charge on any atom is 0.390 e. The summed E-state index contributed by atoms with van der Waals surface area (Å²) in [5, 5.41) is 7.95. The third kappa shape index (κ3) is 14.1. The summed E-state index contributed by atoms with van der Waals surface area (Å²) in [7, 11) is -23.2. The molecule has 0 saturated heterocycles. The van der Waals surface area contributed by atoms with Crippen LogP contribution in [0.5, 0.6) is 0 Å². The Labute approximate surface area is 477 Å². The van der Waals surface area contributed by atoms with E-state index in [-0.39, 0.29) is 5.97 Å². The molecule has 0 aliphatic heterocycles. The van der Waals surface area contributed by atoms with Gasteiger partial charge in [0.25, 0.3) is 0 Å². The molecule has 0 fully saturated rings. The number of hydrogen-bond acceptors (Lipinski definition) is 7. The zero-order valence-electron chi connectivity index (χ0n) is 47.0. The van der Waals surface area contributed by atoms with Crippen LogP contribution in [0.1, 0.15) is 13.3 Å². The van der Waals surface area contributed by atoms with E-state index in [2.05, 4.69) is 289 Å². The first kappa shape index (κ1) is 59.2. The third-order valence-corrected chi connectivity index (χ3v) is 44.5. The van der Waals surface area contributed by atoms with E-state index in [0.29, 0.717) is 12.2 Å². The smallest absolute Gasteiger partial charge is 0.390 e. The minimum absolute atomic E-state index is 0.349. The summed E-state index contributed by atoms with van der Waals surface area (Å²) in [5.74, 6) is -0.351. The van der Waals surface area contributed by atoms with Crippen molar-refractivity contribution in [2.24, 2.45) is 0 Å². The molecule has 0 aromatic heterocycles. The predicted octanol–water partition coefficient (Wildman–Crippen LogP) is 10.4. The second kappa shape index (κ2) is 26.1. The number of carbonyl (C=O) groups excluding carboxylic acids is 1. The molecule has 0 radical (unpaired) electrons. The highest BCUT2D eigenvalue weighted by atomic mass is 28.5. The number of rotatable bonds is 27. The Kier molecular flexibility index (Phi) is 19.5.